The smallest absolute Gasteiger partial charge is 0.122 e. The van der Waals surface area contributed by atoms with Gasteiger partial charge in [0.2, 0.25) is 0 Å². The van der Waals surface area contributed by atoms with Crippen LogP contribution < -0.4 is 21.5 Å². The van der Waals surface area contributed by atoms with Crippen LogP contribution in [0.3, 0.4) is 0 Å². The molecule has 0 aliphatic heterocycles. The van der Waals surface area contributed by atoms with E-state index in [1.165, 1.54) is 16.7 Å². The van der Waals surface area contributed by atoms with Crippen molar-refractivity contribution in [3.05, 3.63) is 60.1 Å². The summed E-state index contributed by atoms with van der Waals surface area (Å²) in [7, 11) is 0. The number of allylic oxidation sites excluding steroid dienone is 3. The van der Waals surface area contributed by atoms with Gasteiger partial charge in [-0.05, 0) is 198 Å². The molecule has 0 saturated carbocycles. The predicted octanol–water partition coefficient (Wildman–Crippen LogP) is 15.5. The lowest BCUT2D eigenvalue weighted by Gasteiger charge is -2.22. The monoisotopic (exact) mass is 930 g/mol. The fourth-order valence-electron chi connectivity index (χ4n) is 3.61. The zero-order chi connectivity index (χ0) is 54.2. The van der Waals surface area contributed by atoms with E-state index in [1.54, 1.807) is 0 Å². The Morgan fingerprint density at radius 2 is 0.939 bits per heavy atom. The highest BCUT2D eigenvalue weighted by atomic mass is 16.6. The molecule has 0 unspecified atom stereocenters. The average molecular weight is 931 g/mol. The maximum absolute atomic E-state index is 4.89. The van der Waals surface area contributed by atoms with Gasteiger partial charge in [0.05, 0.1) is 25.3 Å². The molecule has 0 aromatic heterocycles. The molecular formula is C56H115N9O. The molecule has 0 aromatic rings. The van der Waals surface area contributed by atoms with Crippen molar-refractivity contribution in [2.45, 2.75) is 244 Å². The molecule has 0 aliphatic rings. The summed E-state index contributed by atoms with van der Waals surface area (Å²) in [4.78, 5) is 21.9. The van der Waals surface area contributed by atoms with Gasteiger partial charge in [0.1, 0.15) is 6.10 Å². The SMILES string of the molecule is C=C(CN=C(C)C)C(C)(C)C.C=C(CN=C(C)C)NC(C)(C)C.C=C(CN=C(C)C)NNC(C)(C)C.CC(C)=CC(C)C.CC(C)=CNC(C)C.CC(C)=NC(C)C.CC(C)=NOC(C)C. The molecule has 66 heavy (non-hydrogen) atoms. The van der Waals surface area contributed by atoms with E-state index >= 15 is 0 Å². The first-order valence-corrected chi connectivity index (χ1v) is 24.0. The van der Waals surface area contributed by atoms with Crippen LogP contribution in [-0.4, -0.2) is 77.5 Å². The Hall–Kier alpha value is -3.79. The summed E-state index contributed by atoms with van der Waals surface area (Å²) in [5, 5.41) is 10.2. The Morgan fingerprint density at radius 3 is 1.14 bits per heavy atom. The highest BCUT2D eigenvalue weighted by molar-refractivity contribution is 5.80. The number of hydrazine groups is 1. The first kappa shape index (κ1) is 76.5. The maximum Gasteiger partial charge on any atom is 0.122 e. The molecule has 0 amide bonds. The third-order valence-corrected chi connectivity index (χ3v) is 6.32. The van der Waals surface area contributed by atoms with Crippen LogP contribution in [0.1, 0.15) is 215 Å². The van der Waals surface area contributed by atoms with Crippen molar-refractivity contribution in [1.29, 1.82) is 0 Å². The normalized spacial score (nSPS) is 10.1. The molecular weight excluding hydrogens is 815 g/mol. The first-order chi connectivity index (χ1) is 29.5. The second kappa shape index (κ2) is 43.8. The summed E-state index contributed by atoms with van der Waals surface area (Å²) < 4.78 is 0. The summed E-state index contributed by atoms with van der Waals surface area (Å²) in [6.45, 7) is 77.8. The molecule has 0 fully saturated rings. The second-order valence-electron chi connectivity index (χ2n) is 22.1. The van der Waals surface area contributed by atoms with Crippen LogP contribution >= 0.6 is 0 Å². The van der Waals surface area contributed by atoms with Crippen molar-refractivity contribution in [3.8, 4) is 0 Å². The van der Waals surface area contributed by atoms with E-state index < -0.39 is 0 Å². The minimum Gasteiger partial charge on any atom is -0.393 e. The standard InChI is InChI=1S/C10H21N3.C10H20N2.C10H19N.C7H15N.C7H14.C6H13NO.C6H13N/c1-8(2)11-7-9(3)12-13-10(4,5)6;1-8(2)11-7-9(3)12-10(4,5)6;1-8(2)11-7-9(3)10(4,5)6;1-6(2)5-8-7(3)4;1-6(2)5-7(3)4;1-5(2)7-8-6(3)4;1-5(2)7-6(3)4/h12-13H,3,7H2,1-2,4-6H3;12H,3,7H2,1-2,4-6H3;3,7H2,1-2,4-6H3;5,7-8H,1-4H3;5-6H,1-4H3;6H,1-4H3;5H,1-4H3. The van der Waals surface area contributed by atoms with E-state index in [2.05, 4.69) is 204 Å². The lowest BCUT2D eigenvalue weighted by atomic mass is 9.88. The Labute approximate surface area is 413 Å². The van der Waals surface area contributed by atoms with E-state index in [0.717, 1.165) is 46.5 Å². The van der Waals surface area contributed by atoms with Gasteiger partial charge in [0, 0.05) is 57.4 Å². The molecule has 0 bridgehead atoms. The molecule has 0 spiro atoms. The molecule has 0 heterocycles. The van der Waals surface area contributed by atoms with Crippen molar-refractivity contribution in [3.63, 3.8) is 0 Å². The van der Waals surface area contributed by atoms with Crippen LogP contribution in [0.5, 0.6) is 0 Å². The average Bonchev–Trinajstić information content (AvgIpc) is 3.08. The van der Waals surface area contributed by atoms with Gasteiger partial charge < -0.3 is 20.9 Å². The fraction of sp³-hybridized carbons (Fsp3) is 0.732. The number of rotatable bonds is 15. The van der Waals surface area contributed by atoms with Gasteiger partial charge in [-0.3, -0.25) is 20.0 Å². The van der Waals surface area contributed by atoms with E-state index in [4.69, 9.17) is 4.84 Å². The van der Waals surface area contributed by atoms with Gasteiger partial charge in [-0.25, -0.2) is 5.43 Å². The molecule has 10 heteroatoms. The number of nitrogens with zero attached hydrogens (tertiary/aromatic N) is 5. The van der Waals surface area contributed by atoms with Gasteiger partial charge in [-0.15, -0.1) is 0 Å². The topological polar surface area (TPSA) is 119 Å². The van der Waals surface area contributed by atoms with Gasteiger partial charge >= 0.3 is 0 Å². The predicted molar refractivity (Wildman–Crippen MR) is 308 cm³/mol. The van der Waals surface area contributed by atoms with E-state index in [0.29, 0.717) is 31.1 Å². The minimum absolute atomic E-state index is 0.0495. The number of hydrogen-bond acceptors (Lipinski definition) is 10. The highest BCUT2D eigenvalue weighted by Gasteiger charge is 2.13. The quantitative estimate of drug-likeness (QED) is 0.0741. The van der Waals surface area contributed by atoms with Crippen LogP contribution in [0, 0.1) is 11.3 Å². The summed E-state index contributed by atoms with van der Waals surface area (Å²) in [6, 6.07) is 1.02. The van der Waals surface area contributed by atoms with Gasteiger partial charge in [0.15, 0.2) is 0 Å². The van der Waals surface area contributed by atoms with Crippen molar-refractivity contribution < 1.29 is 4.84 Å². The van der Waals surface area contributed by atoms with Crippen molar-refractivity contribution in [2.75, 3.05) is 19.6 Å². The van der Waals surface area contributed by atoms with Gasteiger partial charge in [0.25, 0.3) is 0 Å². The van der Waals surface area contributed by atoms with Gasteiger partial charge in [-0.2, -0.15) is 0 Å². The Balaban J connectivity index is -0.000000125. The summed E-state index contributed by atoms with van der Waals surface area (Å²) >= 11 is 0. The molecule has 0 atom stereocenters. The molecule has 0 rings (SSSR count). The van der Waals surface area contributed by atoms with E-state index in [1.807, 2.05) is 89.3 Å². The third kappa shape index (κ3) is 98.9. The summed E-state index contributed by atoms with van der Waals surface area (Å²) in [5.74, 6) is 0.713. The maximum atomic E-state index is 4.89. The number of nitrogens with one attached hydrogen (secondary N) is 4. The van der Waals surface area contributed by atoms with E-state index in [-0.39, 0.29) is 22.6 Å². The second-order valence-corrected chi connectivity index (χ2v) is 22.1. The largest absolute Gasteiger partial charge is 0.393 e. The zero-order valence-electron chi connectivity index (χ0n) is 49.9. The van der Waals surface area contributed by atoms with Crippen LogP contribution in [0.4, 0.5) is 0 Å². The Bertz CT molecular complexity index is 1410. The van der Waals surface area contributed by atoms with Crippen molar-refractivity contribution in [1.82, 2.24) is 21.5 Å². The molecule has 0 saturated heterocycles. The number of aliphatic imine (C=N–C) groups is 4. The highest BCUT2D eigenvalue weighted by Crippen LogP contribution is 2.23. The van der Waals surface area contributed by atoms with Crippen molar-refractivity contribution in [2.24, 2.45) is 36.5 Å². The molecule has 0 radical (unpaired) electrons. The van der Waals surface area contributed by atoms with Crippen LogP contribution in [0.25, 0.3) is 0 Å². The lowest BCUT2D eigenvalue weighted by Crippen LogP contribution is -2.45. The molecule has 4 N–H and O–H groups in total. The lowest BCUT2D eigenvalue weighted by molar-refractivity contribution is 0.0857. The Morgan fingerprint density at radius 1 is 0.530 bits per heavy atom. The van der Waals surface area contributed by atoms with Crippen LogP contribution in [-0.2, 0) is 4.84 Å². The molecule has 390 valence electrons. The molecule has 0 aliphatic carbocycles. The molecule has 0 aromatic carbocycles. The summed E-state index contributed by atoms with van der Waals surface area (Å²) in [5.41, 5.74) is 17.7. The fourth-order valence-corrected chi connectivity index (χ4v) is 3.61. The van der Waals surface area contributed by atoms with Crippen LogP contribution in [0.2, 0.25) is 0 Å². The molecule has 10 nitrogen and oxygen atoms in total. The minimum atomic E-state index is 0.0495. The Kier molecular flexibility index (Phi) is 50.7. The zero-order valence-corrected chi connectivity index (χ0v) is 49.9. The number of hydrogen-bond donors (Lipinski definition) is 4. The van der Waals surface area contributed by atoms with Crippen molar-refractivity contribution >= 4 is 28.6 Å². The summed E-state index contributed by atoms with van der Waals surface area (Å²) in [6.07, 6.45) is 4.48. The number of oxime groups is 1. The third-order valence-electron chi connectivity index (χ3n) is 6.32. The van der Waals surface area contributed by atoms with Gasteiger partial charge in [-0.1, -0.05) is 82.3 Å². The van der Waals surface area contributed by atoms with Crippen LogP contribution in [0.15, 0.2) is 85.3 Å². The van der Waals surface area contributed by atoms with E-state index in [9.17, 15) is 0 Å². The first-order valence-electron chi connectivity index (χ1n) is 24.0.